The smallest absolute Gasteiger partial charge is 0.244 e. The summed E-state index contributed by atoms with van der Waals surface area (Å²) in [5, 5.41) is 2.98. The van der Waals surface area contributed by atoms with Gasteiger partial charge in [0.1, 0.15) is 17.6 Å². The minimum absolute atomic E-state index is 0.340. The molecule has 0 aromatic heterocycles. The van der Waals surface area contributed by atoms with Crippen LogP contribution >= 0.6 is 0 Å². The number of hydrogen-bond acceptors (Lipinski definition) is 3. The average molecular weight is 274 g/mol. The third-order valence-corrected chi connectivity index (χ3v) is 2.87. The summed E-state index contributed by atoms with van der Waals surface area (Å²) in [6, 6.07) is 12.1. The Bertz CT molecular complexity index is 599. The van der Waals surface area contributed by atoms with E-state index < -0.39 is 11.9 Å². The predicted molar refractivity (Wildman–Crippen MR) is 75.0 cm³/mol. The van der Waals surface area contributed by atoms with Gasteiger partial charge < -0.3 is 15.8 Å². The van der Waals surface area contributed by atoms with E-state index in [0.717, 1.165) is 0 Å². The molecule has 1 amide bonds. The van der Waals surface area contributed by atoms with Gasteiger partial charge in [-0.15, -0.1) is 0 Å². The van der Waals surface area contributed by atoms with Crippen LogP contribution in [0.3, 0.4) is 0 Å². The molecule has 3 N–H and O–H groups in total. The molecule has 0 aliphatic rings. The molecule has 0 aliphatic heterocycles. The van der Waals surface area contributed by atoms with E-state index in [0.29, 0.717) is 17.0 Å². The second-order valence-electron chi connectivity index (χ2n) is 4.26. The largest absolute Gasteiger partial charge is 0.497 e. The number of nitrogens with one attached hydrogen (secondary N) is 1. The number of hydrogen-bond donors (Lipinski definition) is 2. The molecule has 104 valence electrons. The highest BCUT2D eigenvalue weighted by atomic mass is 19.1. The summed E-state index contributed by atoms with van der Waals surface area (Å²) in [7, 11) is 1.55. The molecular weight excluding hydrogens is 259 g/mol. The number of rotatable bonds is 5. The van der Waals surface area contributed by atoms with Crippen LogP contribution in [0, 0.1) is 5.82 Å². The Morgan fingerprint density at radius 2 is 1.95 bits per heavy atom. The number of primary amides is 1. The second kappa shape index (κ2) is 6.06. The third kappa shape index (κ3) is 3.26. The van der Waals surface area contributed by atoms with Crippen molar-refractivity contribution >= 4 is 11.6 Å². The van der Waals surface area contributed by atoms with Crippen molar-refractivity contribution in [1.29, 1.82) is 0 Å². The standard InChI is InChI=1S/C15H15FN2O2/c1-20-13-4-2-3-10(9-13)14(15(17)19)18-12-7-5-11(16)6-8-12/h2-9,14,18H,1H3,(H2,17,19). The molecule has 2 rings (SSSR count). The van der Waals surface area contributed by atoms with Crippen LogP contribution in [0.25, 0.3) is 0 Å². The Labute approximate surface area is 116 Å². The summed E-state index contributed by atoms with van der Waals surface area (Å²) in [5.74, 6) is -0.232. The zero-order valence-corrected chi connectivity index (χ0v) is 11.0. The number of nitrogens with two attached hydrogens (primary N) is 1. The Morgan fingerprint density at radius 3 is 2.55 bits per heavy atom. The van der Waals surface area contributed by atoms with E-state index >= 15 is 0 Å². The normalized spacial score (nSPS) is 11.7. The van der Waals surface area contributed by atoms with Gasteiger partial charge in [0.2, 0.25) is 5.91 Å². The first-order valence-corrected chi connectivity index (χ1v) is 6.05. The molecule has 5 heteroatoms. The fourth-order valence-corrected chi connectivity index (χ4v) is 1.85. The third-order valence-electron chi connectivity index (χ3n) is 2.87. The van der Waals surface area contributed by atoms with E-state index in [-0.39, 0.29) is 5.82 Å². The molecule has 0 saturated carbocycles. The molecule has 4 nitrogen and oxygen atoms in total. The van der Waals surface area contributed by atoms with Gasteiger partial charge >= 0.3 is 0 Å². The Kier molecular flexibility index (Phi) is 4.20. The van der Waals surface area contributed by atoms with E-state index in [2.05, 4.69) is 5.32 Å². The number of methoxy groups -OCH3 is 1. The number of benzene rings is 2. The molecule has 0 aliphatic carbocycles. The molecule has 0 spiro atoms. The Hall–Kier alpha value is -2.56. The monoisotopic (exact) mass is 274 g/mol. The van der Waals surface area contributed by atoms with Gasteiger partial charge in [-0.3, -0.25) is 4.79 Å². The number of halogens is 1. The molecule has 20 heavy (non-hydrogen) atoms. The number of carbonyl (C=O) groups is 1. The first kappa shape index (κ1) is 13.9. The van der Waals surface area contributed by atoms with Crippen molar-refractivity contribution in [3.63, 3.8) is 0 Å². The Balaban J connectivity index is 2.26. The van der Waals surface area contributed by atoms with Crippen LogP contribution in [0.1, 0.15) is 11.6 Å². The van der Waals surface area contributed by atoms with Crippen LogP contribution in [-0.2, 0) is 4.79 Å². The topological polar surface area (TPSA) is 64.3 Å². The summed E-state index contributed by atoms with van der Waals surface area (Å²) >= 11 is 0. The fraction of sp³-hybridized carbons (Fsp3) is 0.133. The van der Waals surface area contributed by atoms with Gasteiger partial charge in [0.15, 0.2) is 0 Å². The van der Waals surface area contributed by atoms with Gasteiger partial charge in [-0.05, 0) is 42.0 Å². The summed E-state index contributed by atoms with van der Waals surface area (Å²) in [6.07, 6.45) is 0. The second-order valence-corrected chi connectivity index (χ2v) is 4.26. The van der Waals surface area contributed by atoms with Crippen molar-refractivity contribution in [2.45, 2.75) is 6.04 Å². The lowest BCUT2D eigenvalue weighted by molar-refractivity contribution is -0.118. The minimum Gasteiger partial charge on any atom is -0.497 e. The quantitative estimate of drug-likeness (QED) is 0.880. The van der Waals surface area contributed by atoms with Gasteiger partial charge in [-0.2, -0.15) is 0 Å². The van der Waals surface area contributed by atoms with Gasteiger partial charge in [0, 0.05) is 5.69 Å². The van der Waals surface area contributed by atoms with E-state index in [1.807, 2.05) is 0 Å². The first-order chi connectivity index (χ1) is 9.60. The van der Waals surface area contributed by atoms with Crippen LogP contribution in [0.4, 0.5) is 10.1 Å². The lowest BCUT2D eigenvalue weighted by Gasteiger charge is -2.17. The first-order valence-electron chi connectivity index (χ1n) is 6.05. The van der Waals surface area contributed by atoms with Crippen molar-refractivity contribution < 1.29 is 13.9 Å². The maximum atomic E-state index is 12.9. The van der Waals surface area contributed by atoms with Crippen molar-refractivity contribution in [2.24, 2.45) is 5.73 Å². The number of carbonyl (C=O) groups excluding carboxylic acids is 1. The highest BCUT2D eigenvalue weighted by Gasteiger charge is 2.18. The van der Waals surface area contributed by atoms with Crippen LogP contribution in [0.2, 0.25) is 0 Å². The van der Waals surface area contributed by atoms with Crippen LogP contribution in [0.15, 0.2) is 48.5 Å². The van der Waals surface area contributed by atoms with Gasteiger partial charge in [-0.25, -0.2) is 4.39 Å². The van der Waals surface area contributed by atoms with Gasteiger partial charge in [0.25, 0.3) is 0 Å². The maximum absolute atomic E-state index is 12.9. The van der Waals surface area contributed by atoms with Crippen molar-refractivity contribution in [2.75, 3.05) is 12.4 Å². The molecule has 2 aromatic rings. The van der Waals surface area contributed by atoms with Crippen molar-refractivity contribution in [1.82, 2.24) is 0 Å². The zero-order valence-electron chi connectivity index (χ0n) is 11.0. The molecule has 0 radical (unpaired) electrons. The van der Waals surface area contributed by atoms with E-state index in [1.165, 1.54) is 12.1 Å². The molecule has 2 aromatic carbocycles. The highest BCUT2D eigenvalue weighted by molar-refractivity contribution is 5.84. The van der Waals surface area contributed by atoms with Crippen LogP contribution in [-0.4, -0.2) is 13.0 Å². The summed E-state index contributed by atoms with van der Waals surface area (Å²) in [6.45, 7) is 0. The summed E-state index contributed by atoms with van der Waals surface area (Å²) in [4.78, 5) is 11.6. The predicted octanol–water partition coefficient (Wildman–Crippen LogP) is 2.47. The highest BCUT2D eigenvalue weighted by Crippen LogP contribution is 2.23. The number of ether oxygens (including phenoxy) is 1. The fourth-order valence-electron chi connectivity index (χ4n) is 1.85. The van der Waals surface area contributed by atoms with Gasteiger partial charge in [-0.1, -0.05) is 12.1 Å². The van der Waals surface area contributed by atoms with Crippen LogP contribution in [0.5, 0.6) is 5.75 Å². The SMILES string of the molecule is COc1cccc(C(Nc2ccc(F)cc2)C(N)=O)c1. The van der Waals surface area contributed by atoms with Gasteiger partial charge in [0.05, 0.1) is 7.11 Å². The number of amides is 1. The Morgan fingerprint density at radius 1 is 1.25 bits per heavy atom. The van der Waals surface area contributed by atoms with Crippen molar-refractivity contribution in [3.05, 3.63) is 59.9 Å². The molecule has 0 bridgehead atoms. The maximum Gasteiger partial charge on any atom is 0.244 e. The molecule has 0 fully saturated rings. The van der Waals surface area contributed by atoms with Crippen LogP contribution < -0.4 is 15.8 Å². The summed E-state index contributed by atoms with van der Waals surface area (Å²) < 4.78 is 18.0. The van der Waals surface area contributed by atoms with E-state index in [9.17, 15) is 9.18 Å². The van der Waals surface area contributed by atoms with E-state index in [1.54, 1.807) is 43.5 Å². The molecule has 1 atom stereocenters. The molecule has 0 heterocycles. The minimum atomic E-state index is -0.712. The number of anilines is 1. The summed E-state index contributed by atoms with van der Waals surface area (Å²) in [5.41, 5.74) is 6.71. The molecular formula is C15H15FN2O2. The lowest BCUT2D eigenvalue weighted by atomic mass is 10.1. The average Bonchev–Trinajstić information content (AvgIpc) is 2.46. The molecule has 1 unspecified atom stereocenters. The van der Waals surface area contributed by atoms with Crippen molar-refractivity contribution in [3.8, 4) is 5.75 Å². The van der Waals surface area contributed by atoms with E-state index in [4.69, 9.17) is 10.5 Å². The lowest BCUT2D eigenvalue weighted by Crippen LogP contribution is -2.27. The molecule has 0 saturated heterocycles. The zero-order chi connectivity index (χ0) is 14.5.